The fraction of sp³-hybridized carbons (Fsp3) is 0.471. The number of fused-ring (bicyclic) bond motifs is 2. The van der Waals surface area contributed by atoms with E-state index >= 15 is 0 Å². The van der Waals surface area contributed by atoms with Gasteiger partial charge in [-0.3, -0.25) is 4.98 Å². The number of hydrogen-bond acceptors (Lipinski definition) is 2. The molecule has 4 rings (SSSR count). The highest BCUT2D eigenvalue weighted by Crippen LogP contribution is 2.33. The van der Waals surface area contributed by atoms with E-state index in [1.54, 1.807) is 0 Å². The van der Waals surface area contributed by atoms with Gasteiger partial charge in [-0.2, -0.15) is 0 Å². The minimum absolute atomic E-state index is 0.732. The third-order valence-corrected chi connectivity index (χ3v) is 4.75. The second-order valence-electron chi connectivity index (χ2n) is 6.14. The lowest BCUT2D eigenvalue weighted by Gasteiger charge is -2.15. The average molecular weight is 287 g/mol. The molecule has 20 heavy (non-hydrogen) atoms. The molecule has 0 amide bonds. The van der Waals surface area contributed by atoms with Crippen LogP contribution in [-0.4, -0.2) is 11.0 Å². The van der Waals surface area contributed by atoms with Crippen molar-refractivity contribution in [3.05, 3.63) is 39.5 Å². The van der Waals surface area contributed by atoms with Crippen molar-refractivity contribution in [2.75, 3.05) is 0 Å². The van der Waals surface area contributed by atoms with Crippen LogP contribution in [0.3, 0.4) is 0 Å². The van der Waals surface area contributed by atoms with Crippen molar-refractivity contribution < 1.29 is 0 Å². The van der Waals surface area contributed by atoms with Gasteiger partial charge >= 0.3 is 0 Å². The SMILES string of the molecule is Cc1cc(Cl)cc2c(CNC3CC3)c3c(nc12)CCC3. The summed E-state index contributed by atoms with van der Waals surface area (Å²) >= 11 is 6.27. The van der Waals surface area contributed by atoms with Gasteiger partial charge in [-0.05, 0) is 67.9 Å². The van der Waals surface area contributed by atoms with Crippen LogP contribution in [0.15, 0.2) is 12.1 Å². The van der Waals surface area contributed by atoms with E-state index in [0.717, 1.165) is 29.5 Å². The Morgan fingerprint density at radius 1 is 1.30 bits per heavy atom. The third-order valence-electron chi connectivity index (χ3n) is 4.53. The smallest absolute Gasteiger partial charge is 0.0738 e. The van der Waals surface area contributed by atoms with Crippen molar-refractivity contribution in [2.45, 2.75) is 51.6 Å². The van der Waals surface area contributed by atoms with Crippen LogP contribution in [0.4, 0.5) is 0 Å². The molecule has 0 aliphatic heterocycles. The van der Waals surface area contributed by atoms with Crippen LogP contribution in [0.5, 0.6) is 0 Å². The van der Waals surface area contributed by atoms with Crippen LogP contribution >= 0.6 is 11.6 Å². The van der Waals surface area contributed by atoms with Crippen molar-refractivity contribution in [3.63, 3.8) is 0 Å². The van der Waals surface area contributed by atoms with Crippen molar-refractivity contribution in [3.8, 4) is 0 Å². The normalized spacial score (nSPS) is 17.7. The predicted molar refractivity (Wildman–Crippen MR) is 83.4 cm³/mol. The number of benzene rings is 1. The maximum absolute atomic E-state index is 6.27. The Kier molecular flexibility index (Phi) is 2.97. The third kappa shape index (κ3) is 2.11. The average Bonchev–Trinajstić information content (AvgIpc) is 3.12. The molecule has 1 N–H and O–H groups in total. The molecule has 2 nitrogen and oxygen atoms in total. The molecule has 0 saturated heterocycles. The van der Waals surface area contributed by atoms with Crippen molar-refractivity contribution in [1.82, 2.24) is 10.3 Å². The molecule has 1 aromatic heterocycles. The van der Waals surface area contributed by atoms with E-state index < -0.39 is 0 Å². The van der Waals surface area contributed by atoms with E-state index in [1.165, 1.54) is 53.5 Å². The van der Waals surface area contributed by atoms with Crippen molar-refractivity contribution in [2.24, 2.45) is 0 Å². The quantitative estimate of drug-likeness (QED) is 0.924. The number of rotatable bonds is 3. The van der Waals surface area contributed by atoms with Crippen LogP contribution in [0.1, 0.15) is 41.6 Å². The van der Waals surface area contributed by atoms with Gasteiger partial charge in [0.2, 0.25) is 0 Å². The molecule has 2 aliphatic carbocycles. The Hall–Kier alpha value is -1.12. The first-order valence-electron chi connectivity index (χ1n) is 7.56. The van der Waals surface area contributed by atoms with Gasteiger partial charge in [0.1, 0.15) is 0 Å². The van der Waals surface area contributed by atoms with E-state index in [-0.39, 0.29) is 0 Å². The number of nitrogens with zero attached hydrogens (tertiary/aromatic N) is 1. The summed E-state index contributed by atoms with van der Waals surface area (Å²) in [5, 5.41) is 5.74. The minimum atomic E-state index is 0.732. The molecular weight excluding hydrogens is 268 g/mol. The summed E-state index contributed by atoms with van der Waals surface area (Å²) in [4.78, 5) is 4.91. The fourth-order valence-corrected chi connectivity index (χ4v) is 3.60. The van der Waals surface area contributed by atoms with Crippen molar-refractivity contribution in [1.29, 1.82) is 0 Å². The Bertz CT molecular complexity index is 689. The maximum Gasteiger partial charge on any atom is 0.0738 e. The summed E-state index contributed by atoms with van der Waals surface area (Å²) in [5.74, 6) is 0. The lowest BCUT2D eigenvalue weighted by molar-refractivity contribution is 0.686. The first kappa shape index (κ1) is 12.6. The van der Waals surface area contributed by atoms with Crippen molar-refractivity contribution >= 4 is 22.5 Å². The molecule has 0 spiro atoms. The molecule has 2 aliphatic rings. The van der Waals surface area contributed by atoms with Crippen LogP contribution < -0.4 is 5.32 Å². The lowest BCUT2D eigenvalue weighted by Crippen LogP contribution is -2.17. The van der Waals surface area contributed by atoms with Gasteiger partial charge in [-0.15, -0.1) is 0 Å². The molecule has 1 aromatic carbocycles. The Balaban J connectivity index is 1.91. The summed E-state index contributed by atoms with van der Waals surface area (Å²) < 4.78 is 0. The van der Waals surface area contributed by atoms with Gasteiger partial charge in [0, 0.05) is 28.7 Å². The van der Waals surface area contributed by atoms with Gasteiger partial charge in [-0.1, -0.05) is 11.6 Å². The summed E-state index contributed by atoms with van der Waals surface area (Å²) in [6.07, 6.45) is 6.19. The highest BCUT2D eigenvalue weighted by Gasteiger charge is 2.24. The van der Waals surface area contributed by atoms with Gasteiger partial charge in [-0.25, -0.2) is 0 Å². The molecule has 3 heteroatoms. The number of halogens is 1. The molecule has 0 unspecified atom stereocenters. The van der Waals surface area contributed by atoms with Gasteiger partial charge in [0.25, 0.3) is 0 Å². The van der Waals surface area contributed by atoms with Gasteiger partial charge in [0.15, 0.2) is 0 Å². The fourth-order valence-electron chi connectivity index (χ4n) is 3.32. The van der Waals surface area contributed by atoms with Crippen LogP contribution in [-0.2, 0) is 19.4 Å². The standard InChI is InChI=1S/C17H19ClN2/c1-10-7-11(18)8-14-15(9-19-12-5-6-12)13-3-2-4-16(13)20-17(10)14/h7-8,12,19H,2-6,9H2,1H3. The van der Waals surface area contributed by atoms with E-state index in [9.17, 15) is 0 Å². The minimum Gasteiger partial charge on any atom is -0.310 e. The van der Waals surface area contributed by atoms with Crippen LogP contribution in [0.25, 0.3) is 10.9 Å². The zero-order chi connectivity index (χ0) is 13.7. The predicted octanol–water partition coefficient (Wildman–Crippen LogP) is 3.94. The molecule has 1 fully saturated rings. The molecule has 0 radical (unpaired) electrons. The largest absolute Gasteiger partial charge is 0.310 e. The zero-order valence-electron chi connectivity index (χ0n) is 11.8. The molecule has 1 saturated carbocycles. The summed E-state index contributed by atoms with van der Waals surface area (Å²) in [6.45, 7) is 3.08. The van der Waals surface area contributed by atoms with Crippen LogP contribution in [0, 0.1) is 6.92 Å². The number of hydrogen-bond donors (Lipinski definition) is 1. The number of pyridine rings is 1. The Labute approximate surface area is 124 Å². The monoisotopic (exact) mass is 286 g/mol. The Morgan fingerprint density at radius 2 is 2.15 bits per heavy atom. The highest BCUT2D eigenvalue weighted by atomic mass is 35.5. The number of aromatic nitrogens is 1. The molecule has 0 atom stereocenters. The van der Waals surface area contributed by atoms with E-state index in [2.05, 4.69) is 18.3 Å². The van der Waals surface area contributed by atoms with Gasteiger partial charge in [0.05, 0.1) is 5.52 Å². The highest BCUT2D eigenvalue weighted by molar-refractivity contribution is 6.31. The Morgan fingerprint density at radius 3 is 2.95 bits per heavy atom. The van der Waals surface area contributed by atoms with E-state index in [4.69, 9.17) is 16.6 Å². The molecule has 2 aromatic rings. The summed E-state index contributed by atoms with van der Waals surface area (Å²) in [6, 6.07) is 4.85. The topological polar surface area (TPSA) is 24.9 Å². The van der Waals surface area contributed by atoms with E-state index in [0.29, 0.717) is 0 Å². The van der Waals surface area contributed by atoms with Gasteiger partial charge < -0.3 is 5.32 Å². The first-order chi connectivity index (χ1) is 9.72. The number of aryl methyl sites for hydroxylation is 2. The molecule has 104 valence electrons. The summed E-state index contributed by atoms with van der Waals surface area (Å²) in [7, 11) is 0. The second kappa shape index (κ2) is 4.71. The second-order valence-corrected chi connectivity index (χ2v) is 6.58. The molecule has 0 bridgehead atoms. The maximum atomic E-state index is 6.27. The van der Waals surface area contributed by atoms with Crippen LogP contribution in [0.2, 0.25) is 5.02 Å². The summed E-state index contributed by atoms with van der Waals surface area (Å²) in [5.41, 5.74) is 6.57. The molecular formula is C17H19ClN2. The first-order valence-corrected chi connectivity index (χ1v) is 7.94. The molecule has 1 heterocycles. The van der Waals surface area contributed by atoms with E-state index in [1.807, 2.05) is 6.07 Å². The lowest BCUT2D eigenvalue weighted by atomic mass is 9.99. The zero-order valence-corrected chi connectivity index (χ0v) is 12.6. The number of nitrogens with one attached hydrogen (secondary N) is 1.